The Morgan fingerprint density at radius 2 is 1.70 bits per heavy atom. The number of aryl methyl sites for hydroxylation is 1. The molecule has 0 saturated carbocycles. The summed E-state index contributed by atoms with van der Waals surface area (Å²) in [5, 5.41) is 2.90. The fourth-order valence-corrected chi connectivity index (χ4v) is 2.72. The number of carbonyl (C=O) groups excluding carboxylic acids is 2. The maximum atomic E-state index is 12.4. The van der Waals surface area contributed by atoms with Crippen LogP contribution in [0.1, 0.15) is 25.0 Å². The van der Waals surface area contributed by atoms with Crippen LogP contribution in [0.25, 0.3) is 0 Å². The molecule has 5 nitrogen and oxygen atoms in total. The normalized spacial score (nSPS) is 15.7. The summed E-state index contributed by atoms with van der Waals surface area (Å²) in [6.07, 6.45) is 0.452. The van der Waals surface area contributed by atoms with Gasteiger partial charge in [0.25, 0.3) is 0 Å². The van der Waals surface area contributed by atoms with Gasteiger partial charge in [0.15, 0.2) is 0 Å². The zero-order valence-corrected chi connectivity index (χ0v) is 14.3. The van der Waals surface area contributed by atoms with Crippen molar-refractivity contribution in [2.45, 2.75) is 33.2 Å². The Kier molecular flexibility index (Phi) is 6.16. The van der Waals surface area contributed by atoms with Gasteiger partial charge >= 0.3 is 0 Å². The minimum absolute atomic E-state index is 0.0550. The smallest absolute Gasteiger partial charge is 0.234 e. The minimum atomic E-state index is 0.0550. The molecule has 1 N–H and O–H groups in total. The van der Waals surface area contributed by atoms with Crippen molar-refractivity contribution in [3.8, 4) is 0 Å². The number of piperazine rings is 1. The summed E-state index contributed by atoms with van der Waals surface area (Å²) in [6, 6.07) is 8.27. The lowest BCUT2D eigenvalue weighted by molar-refractivity contribution is -0.132. The number of carbonyl (C=O) groups is 2. The molecule has 0 spiro atoms. The van der Waals surface area contributed by atoms with Crippen molar-refractivity contribution in [1.29, 1.82) is 0 Å². The summed E-state index contributed by atoms with van der Waals surface area (Å²) in [5.41, 5.74) is 2.26. The zero-order valence-electron chi connectivity index (χ0n) is 14.3. The second kappa shape index (κ2) is 8.11. The second-order valence-corrected chi connectivity index (χ2v) is 6.54. The Labute approximate surface area is 138 Å². The van der Waals surface area contributed by atoms with E-state index in [4.69, 9.17) is 0 Å². The molecule has 0 aromatic heterocycles. The van der Waals surface area contributed by atoms with E-state index in [1.807, 2.05) is 49.9 Å². The molecule has 0 unspecified atom stereocenters. The maximum absolute atomic E-state index is 12.4. The largest absolute Gasteiger partial charge is 0.353 e. The van der Waals surface area contributed by atoms with Crippen LogP contribution in [0, 0.1) is 6.92 Å². The van der Waals surface area contributed by atoms with Gasteiger partial charge in [0.05, 0.1) is 13.0 Å². The van der Waals surface area contributed by atoms with E-state index in [0.29, 0.717) is 26.1 Å². The monoisotopic (exact) mass is 317 g/mol. The van der Waals surface area contributed by atoms with E-state index >= 15 is 0 Å². The molecule has 0 atom stereocenters. The van der Waals surface area contributed by atoms with Gasteiger partial charge in [0, 0.05) is 32.2 Å². The highest BCUT2D eigenvalue weighted by molar-refractivity contribution is 5.79. The average molecular weight is 317 g/mol. The number of rotatable bonds is 5. The Bertz CT molecular complexity index is 532. The molecule has 0 radical (unpaired) electrons. The Hall–Kier alpha value is -1.88. The number of benzene rings is 1. The third-order valence-electron chi connectivity index (χ3n) is 4.02. The van der Waals surface area contributed by atoms with Crippen LogP contribution in [0.3, 0.4) is 0 Å². The SMILES string of the molecule is Cc1ccc(CC(=O)N2CCN(CC(=O)NC(C)C)CC2)cc1. The molecule has 126 valence electrons. The molecule has 23 heavy (non-hydrogen) atoms. The first-order valence-electron chi connectivity index (χ1n) is 8.29. The van der Waals surface area contributed by atoms with Crippen LogP contribution in [0.15, 0.2) is 24.3 Å². The topological polar surface area (TPSA) is 52.7 Å². The summed E-state index contributed by atoms with van der Waals surface area (Å²) in [4.78, 5) is 28.1. The van der Waals surface area contributed by atoms with E-state index in [1.54, 1.807) is 0 Å². The first-order chi connectivity index (χ1) is 10.9. The molecule has 1 aromatic rings. The second-order valence-electron chi connectivity index (χ2n) is 6.54. The predicted octanol–water partition coefficient (Wildman–Crippen LogP) is 1.21. The van der Waals surface area contributed by atoms with Crippen molar-refractivity contribution in [3.63, 3.8) is 0 Å². The minimum Gasteiger partial charge on any atom is -0.353 e. The van der Waals surface area contributed by atoms with Crippen molar-refractivity contribution in [2.24, 2.45) is 0 Å². The fraction of sp³-hybridized carbons (Fsp3) is 0.556. The van der Waals surface area contributed by atoms with E-state index in [-0.39, 0.29) is 17.9 Å². The lowest BCUT2D eigenvalue weighted by Gasteiger charge is -2.34. The van der Waals surface area contributed by atoms with Gasteiger partial charge in [-0.1, -0.05) is 29.8 Å². The van der Waals surface area contributed by atoms with Crippen LogP contribution in [-0.2, 0) is 16.0 Å². The molecule has 0 aliphatic carbocycles. The van der Waals surface area contributed by atoms with Crippen LogP contribution < -0.4 is 5.32 Å². The van der Waals surface area contributed by atoms with Crippen molar-refractivity contribution in [2.75, 3.05) is 32.7 Å². The van der Waals surface area contributed by atoms with E-state index in [2.05, 4.69) is 10.2 Å². The quantitative estimate of drug-likeness (QED) is 0.888. The summed E-state index contributed by atoms with van der Waals surface area (Å²) >= 11 is 0. The standard InChI is InChI=1S/C18H27N3O2/c1-14(2)19-17(22)13-20-8-10-21(11-9-20)18(23)12-16-6-4-15(3)5-7-16/h4-7,14H,8-13H2,1-3H3,(H,19,22). The van der Waals surface area contributed by atoms with Crippen molar-refractivity contribution in [1.82, 2.24) is 15.1 Å². The highest BCUT2D eigenvalue weighted by atomic mass is 16.2. The van der Waals surface area contributed by atoms with Crippen LogP contribution >= 0.6 is 0 Å². The van der Waals surface area contributed by atoms with E-state index in [9.17, 15) is 9.59 Å². The van der Waals surface area contributed by atoms with Gasteiger partial charge in [0.1, 0.15) is 0 Å². The van der Waals surface area contributed by atoms with Crippen molar-refractivity contribution >= 4 is 11.8 Å². The zero-order chi connectivity index (χ0) is 16.8. The third kappa shape index (κ3) is 5.67. The summed E-state index contributed by atoms with van der Waals surface area (Å²) in [7, 11) is 0. The van der Waals surface area contributed by atoms with Gasteiger partial charge in [-0.25, -0.2) is 0 Å². The number of hydrogen-bond acceptors (Lipinski definition) is 3. The van der Waals surface area contributed by atoms with Crippen LogP contribution in [-0.4, -0.2) is 60.4 Å². The molecular weight excluding hydrogens is 290 g/mol. The third-order valence-corrected chi connectivity index (χ3v) is 4.02. The van der Waals surface area contributed by atoms with Crippen LogP contribution in [0.4, 0.5) is 0 Å². The van der Waals surface area contributed by atoms with Gasteiger partial charge in [-0.3, -0.25) is 14.5 Å². The van der Waals surface area contributed by atoms with Gasteiger partial charge < -0.3 is 10.2 Å². The van der Waals surface area contributed by atoms with Crippen molar-refractivity contribution in [3.05, 3.63) is 35.4 Å². The van der Waals surface area contributed by atoms with Crippen LogP contribution in [0.5, 0.6) is 0 Å². The summed E-state index contributed by atoms with van der Waals surface area (Å²) in [6.45, 7) is 9.27. The maximum Gasteiger partial charge on any atom is 0.234 e. The molecular formula is C18H27N3O2. The first-order valence-corrected chi connectivity index (χ1v) is 8.29. The Morgan fingerprint density at radius 1 is 1.09 bits per heavy atom. The molecule has 1 fully saturated rings. The first kappa shape index (κ1) is 17.5. The highest BCUT2D eigenvalue weighted by Crippen LogP contribution is 2.08. The van der Waals surface area contributed by atoms with Crippen molar-refractivity contribution < 1.29 is 9.59 Å². The summed E-state index contributed by atoms with van der Waals surface area (Å²) < 4.78 is 0. The molecule has 1 aromatic carbocycles. The number of nitrogens with zero attached hydrogens (tertiary/aromatic N) is 2. The molecule has 1 heterocycles. The molecule has 2 amide bonds. The average Bonchev–Trinajstić information content (AvgIpc) is 2.49. The van der Waals surface area contributed by atoms with Gasteiger partial charge in [-0.05, 0) is 26.3 Å². The number of nitrogens with one attached hydrogen (secondary N) is 1. The molecule has 5 heteroatoms. The lowest BCUT2D eigenvalue weighted by Crippen LogP contribution is -2.51. The highest BCUT2D eigenvalue weighted by Gasteiger charge is 2.22. The van der Waals surface area contributed by atoms with Crippen LogP contribution in [0.2, 0.25) is 0 Å². The molecule has 1 aliphatic rings. The predicted molar refractivity (Wildman–Crippen MR) is 91.2 cm³/mol. The Balaban J connectivity index is 1.76. The number of amides is 2. The van der Waals surface area contributed by atoms with Gasteiger partial charge in [-0.15, -0.1) is 0 Å². The van der Waals surface area contributed by atoms with Gasteiger partial charge in [-0.2, -0.15) is 0 Å². The molecule has 2 rings (SSSR count). The van der Waals surface area contributed by atoms with E-state index in [0.717, 1.165) is 18.7 Å². The molecule has 1 aliphatic heterocycles. The van der Waals surface area contributed by atoms with Gasteiger partial charge in [0.2, 0.25) is 11.8 Å². The molecule has 0 bridgehead atoms. The van der Waals surface area contributed by atoms with E-state index in [1.165, 1.54) is 5.56 Å². The molecule has 1 saturated heterocycles. The Morgan fingerprint density at radius 3 is 2.26 bits per heavy atom. The fourth-order valence-electron chi connectivity index (χ4n) is 2.72. The number of hydrogen-bond donors (Lipinski definition) is 1. The van der Waals surface area contributed by atoms with E-state index < -0.39 is 0 Å². The lowest BCUT2D eigenvalue weighted by atomic mass is 10.1. The summed E-state index contributed by atoms with van der Waals surface area (Å²) in [5.74, 6) is 0.222.